The van der Waals surface area contributed by atoms with Gasteiger partial charge in [-0.25, -0.2) is 9.97 Å². The second-order valence-electron chi connectivity index (χ2n) is 5.47. The van der Waals surface area contributed by atoms with Crippen molar-refractivity contribution in [2.45, 2.75) is 51.2 Å². The normalized spacial score (nSPS) is 16.0. The number of nitrogens with zero attached hydrogens (tertiary/aromatic N) is 2. The smallest absolute Gasteiger partial charge is 0.136 e. The van der Waals surface area contributed by atoms with Gasteiger partial charge in [0, 0.05) is 29.8 Å². The van der Waals surface area contributed by atoms with Crippen LogP contribution in [-0.4, -0.2) is 34.6 Å². The summed E-state index contributed by atoms with van der Waals surface area (Å²) < 4.78 is 0. The van der Waals surface area contributed by atoms with E-state index in [0.29, 0.717) is 11.2 Å². The molecule has 0 spiro atoms. The van der Waals surface area contributed by atoms with E-state index in [1.807, 2.05) is 11.8 Å². The number of hydrogen-bond donors (Lipinski definition) is 2. The number of hydrogen-bond acceptors (Lipinski definition) is 5. The first kappa shape index (κ1) is 15.4. The zero-order valence-electron chi connectivity index (χ0n) is 13.0. The topological polar surface area (TPSA) is 49.8 Å². The van der Waals surface area contributed by atoms with Crippen molar-refractivity contribution in [2.24, 2.45) is 0 Å². The summed E-state index contributed by atoms with van der Waals surface area (Å²) in [7, 11) is 0. The van der Waals surface area contributed by atoms with Gasteiger partial charge in [0.2, 0.25) is 0 Å². The number of aromatic nitrogens is 2. The molecule has 1 aliphatic carbocycles. The van der Waals surface area contributed by atoms with Crippen LogP contribution in [0, 0.1) is 6.92 Å². The molecule has 5 heteroatoms. The molecule has 0 amide bonds. The van der Waals surface area contributed by atoms with E-state index in [9.17, 15) is 0 Å². The molecule has 0 aromatic carbocycles. The summed E-state index contributed by atoms with van der Waals surface area (Å²) in [5.74, 6) is 3.58. The van der Waals surface area contributed by atoms with Gasteiger partial charge in [0.05, 0.1) is 0 Å². The minimum atomic E-state index is 0.582. The molecule has 1 aromatic heterocycles. The molecular formula is C15H26N4S. The van der Waals surface area contributed by atoms with Crippen molar-refractivity contribution < 1.29 is 0 Å². The predicted molar refractivity (Wildman–Crippen MR) is 89.0 cm³/mol. The molecule has 1 unspecified atom stereocenters. The minimum absolute atomic E-state index is 0.582. The minimum Gasteiger partial charge on any atom is -0.370 e. The lowest BCUT2D eigenvalue weighted by molar-refractivity contribution is 0.840. The second-order valence-corrected chi connectivity index (χ2v) is 6.75. The quantitative estimate of drug-likeness (QED) is 0.766. The van der Waals surface area contributed by atoms with E-state index in [-0.39, 0.29) is 0 Å². The van der Waals surface area contributed by atoms with Crippen molar-refractivity contribution in [3.8, 4) is 0 Å². The Morgan fingerprint density at radius 1 is 1.25 bits per heavy atom. The highest BCUT2D eigenvalue weighted by Crippen LogP contribution is 2.39. The van der Waals surface area contributed by atoms with Gasteiger partial charge in [0.25, 0.3) is 0 Å². The van der Waals surface area contributed by atoms with E-state index in [1.54, 1.807) is 0 Å². The van der Waals surface area contributed by atoms with Crippen LogP contribution in [0.5, 0.6) is 0 Å². The molecule has 4 nitrogen and oxygen atoms in total. The van der Waals surface area contributed by atoms with Gasteiger partial charge in [-0.2, -0.15) is 11.8 Å². The summed E-state index contributed by atoms with van der Waals surface area (Å²) in [6, 6.07) is 0. The fourth-order valence-corrected chi connectivity index (χ4v) is 2.43. The first-order chi connectivity index (χ1) is 9.65. The molecule has 1 saturated carbocycles. The van der Waals surface area contributed by atoms with Gasteiger partial charge in [0.1, 0.15) is 17.5 Å². The molecule has 0 radical (unpaired) electrons. The molecule has 0 saturated heterocycles. The monoisotopic (exact) mass is 294 g/mol. The number of rotatable bonds is 8. The summed E-state index contributed by atoms with van der Waals surface area (Å²) in [5, 5.41) is 7.53. The molecule has 1 fully saturated rings. The Morgan fingerprint density at radius 3 is 2.45 bits per heavy atom. The number of thioether (sulfide) groups is 1. The molecule has 0 aliphatic heterocycles. The Hall–Kier alpha value is -0.970. The van der Waals surface area contributed by atoms with Crippen LogP contribution in [0.15, 0.2) is 0 Å². The van der Waals surface area contributed by atoms with Crippen molar-refractivity contribution in [3.05, 3.63) is 11.4 Å². The largest absolute Gasteiger partial charge is 0.370 e. The summed E-state index contributed by atoms with van der Waals surface area (Å²) >= 11 is 1.91. The van der Waals surface area contributed by atoms with Gasteiger partial charge in [-0.1, -0.05) is 6.92 Å². The Balaban J connectivity index is 2.08. The zero-order chi connectivity index (χ0) is 14.5. The lowest BCUT2D eigenvalue weighted by Crippen LogP contribution is -2.13. The van der Waals surface area contributed by atoms with Gasteiger partial charge < -0.3 is 10.6 Å². The van der Waals surface area contributed by atoms with Gasteiger partial charge in [-0.15, -0.1) is 0 Å². The maximum atomic E-state index is 4.73. The molecule has 112 valence electrons. The summed E-state index contributed by atoms with van der Waals surface area (Å²) in [5.41, 5.74) is 1.13. The third kappa shape index (κ3) is 4.01. The number of anilines is 2. The zero-order valence-corrected chi connectivity index (χ0v) is 13.8. The third-order valence-corrected chi connectivity index (χ3v) is 4.74. The average molecular weight is 294 g/mol. The molecule has 2 N–H and O–H groups in total. The third-order valence-electron chi connectivity index (χ3n) is 3.70. The maximum Gasteiger partial charge on any atom is 0.136 e. The molecule has 0 bridgehead atoms. The van der Waals surface area contributed by atoms with Crippen LogP contribution < -0.4 is 10.6 Å². The second kappa shape index (κ2) is 7.16. The molecule has 1 aliphatic rings. The van der Waals surface area contributed by atoms with Crippen molar-refractivity contribution in [2.75, 3.05) is 30.0 Å². The van der Waals surface area contributed by atoms with Crippen LogP contribution >= 0.6 is 11.8 Å². The van der Waals surface area contributed by atoms with Crippen molar-refractivity contribution in [1.29, 1.82) is 0 Å². The molecule has 1 heterocycles. The SMILES string of the molecule is CCNc1nc(C2CC2)nc(NCCC(C)SC)c1C. The van der Waals surface area contributed by atoms with Gasteiger partial charge >= 0.3 is 0 Å². The van der Waals surface area contributed by atoms with Gasteiger partial charge in [-0.3, -0.25) is 0 Å². The first-order valence-corrected chi connectivity index (χ1v) is 8.83. The number of nitrogens with one attached hydrogen (secondary N) is 2. The van der Waals surface area contributed by atoms with E-state index < -0.39 is 0 Å². The average Bonchev–Trinajstić information content (AvgIpc) is 3.27. The Bertz CT molecular complexity index is 446. The van der Waals surface area contributed by atoms with E-state index in [0.717, 1.165) is 42.5 Å². The van der Waals surface area contributed by atoms with Gasteiger partial charge in [0.15, 0.2) is 0 Å². The van der Waals surface area contributed by atoms with E-state index in [2.05, 4.69) is 42.6 Å². The molecule has 2 rings (SSSR count). The van der Waals surface area contributed by atoms with Gasteiger partial charge in [-0.05, 0) is 39.4 Å². The Morgan fingerprint density at radius 2 is 1.90 bits per heavy atom. The van der Waals surface area contributed by atoms with Crippen LogP contribution in [0.1, 0.15) is 50.4 Å². The molecular weight excluding hydrogens is 268 g/mol. The van der Waals surface area contributed by atoms with Crippen molar-refractivity contribution in [3.63, 3.8) is 0 Å². The summed E-state index contributed by atoms with van der Waals surface area (Å²) in [6.45, 7) is 8.32. The van der Waals surface area contributed by atoms with E-state index in [4.69, 9.17) is 4.98 Å². The predicted octanol–water partition coefficient (Wildman–Crippen LogP) is 3.65. The van der Waals surface area contributed by atoms with Crippen LogP contribution in [0.25, 0.3) is 0 Å². The van der Waals surface area contributed by atoms with E-state index in [1.165, 1.54) is 12.8 Å². The first-order valence-electron chi connectivity index (χ1n) is 7.54. The highest BCUT2D eigenvalue weighted by Gasteiger charge is 2.28. The Labute approximate surface area is 126 Å². The molecule has 1 atom stereocenters. The van der Waals surface area contributed by atoms with Crippen LogP contribution in [-0.2, 0) is 0 Å². The fraction of sp³-hybridized carbons (Fsp3) is 0.733. The van der Waals surface area contributed by atoms with Crippen LogP contribution in [0.2, 0.25) is 0 Å². The lowest BCUT2D eigenvalue weighted by Gasteiger charge is -2.15. The van der Waals surface area contributed by atoms with Crippen LogP contribution in [0.4, 0.5) is 11.6 Å². The molecule has 20 heavy (non-hydrogen) atoms. The maximum absolute atomic E-state index is 4.73. The highest BCUT2D eigenvalue weighted by atomic mass is 32.2. The van der Waals surface area contributed by atoms with Crippen molar-refractivity contribution >= 4 is 23.4 Å². The Kier molecular flexibility index (Phi) is 5.52. The molecule has 1 aromatic rings. The van der Waals surface area contributed by atoms with E-state index >= 15 is 0 Å². The standard InChI is InChI=1S/C15H26N4S/c1-5-16-13-11(3)14(17-9-8-10(2)20-4)19-15(18-13)12-6-7-12/h10,12H,5-9H2,1-4H3,(H2,16,17,18,19). The van der Waals surface area contributed by atoms with Crippen LogP contribution in [0.3, 0.4) is 0 Å². The summed E-state index contributed by atoms with van der Waals surface area (Å²) in [4.78, 5) is 9.41. The lowest BCUT2D eigenvalue weighted by atomic mass is 10.2. The fourth-order valence-electron chi connectivity index (χ4n) is 2.08. The van der Waals surface area contributed by atoms with Crippen molar-refractivity contribution in [1.82, 2.24) is 9.97 Å². The highest BCUT2D eigenvalue weighted by molar-refractivity contribution is 7.99. The summed E-state index contributed by atoms with van der Waals surface area (Å²) in [6.07, 6.45) is 5.78.